The van der Waals surface area contributed by atoms with E-state index in [1.165, 1.54) is 5.56 Å². The number of aryl methyl sites for hydroxylation is 2. The molecule has 2 saturated heterocycles. The van der Waals surface area contributed by atoms with Crippen LogP contribution in [0.3, 0.4) is 0 Å². The molecule has 11 nitrogen and oxygen atoms in total. The third kappa shape index (κ3) is 5.11. The van der Waals surface area contributed by atoms with E-state index in [2.05, 4.69) is 38.5 Å². The van der Waals surface area contributed by atoms with Crippen molar-refractivity contribution >= 4 is 11.5 Å². The van der Waals surface area contributed by atoms with Gasteiger partial charge in [0.1, 0.15) is 18.3 Å². The number of fused-ring (bicyclic) bond motifs is 5. The van der Waals surface area contributed by atoms with Crippen molar-refractivity contribution in [3.63, 3.8) is 0 Å². The van der Waals surface area contributed by atoms with Crippen LogP contribution in [0.5, 0.6) is 6.01 Å². The number of anilines is 2. The molecule has 258 valence electrons. The molecule has 1 aliphatic carbocycles. The molecule has 9 rings (SSSR count). The maximum Gasteiger partial charge on any atom is 0.323 e. The number of nitrogen functional groups attached to an aromatic ring is 1. The van der Waals surface area contributed by atoms with Gasteiger partial charge < -0.3 is 24.5 Å². The molecule has 4 aliphatic heterocycles. The summed E-state index contributed by atoms with van der Waals surface area (Å²) in [5.41, 5.74) is 13.1. The van der Waals surface area contributed by atoms with Crippen LogP contribution in [0, 0.1) is 13.0 Å². The number of nitrogens with zero attached hydrogens (tertiary/aromatic N) is 7. The predicted molar refractivity (Wildman–Crippen MR) is 176 cm³/mol. The number of oxazole rings is 1. The molecule has 1 aromatic carbocycles. The number of hydrogen-bond acceptors (Lipinski definition) is 10. The number of ether oxygens (including phenoxy) is 2. The van der Waals surface area contributed by atoms with Crippen LogP contribution in [0.1, 0.15) is 72.2 Å². The van der Waals surface area contributed by atoms with E-state index in [0.717, 1.165) is 97.7 Å². The Hall–Kier alpha value is -5.29. The molecule has 0 radical (unpaired) electrons. The summed E-state index contributed by atoms with van der Waals surface area (Å²) in [5, 5.41) is 4.88. The number of alkyl halides is 1. The van der Waals surface area contributed by atoms with Gasteiger partial charge in [0.15, 0.2) is 5.69 Å². The van der Waals surface area contributed by atoms with Crippen LogP contribution >= 0.6 is 0 Å². The zero-order valence-corrected chi connectivity index (χ0v) is 30.5. The second-order valence-corrected chi connectivity index (χ2v) is 14.0. The summed E-state index contributed by atoms with van der Waals surface area (Å²) in [6, 6.07) is 7.76. The average molecular weight is 899 g/mol. The Morgan fingerprint density at radius 2 is 2.06 bits per heavy atom. The molecule has 13 heteroatoms. The Labute approximate surface area is 278 Å². The summed E-state index contributed by atoms with van der Waals surface area (Å²) in [4.78, 5) is 19.0. The van der Waals surface area contributed by atoms with Gasteiger partial charge in [0.2, 0.25) is 5.89 Å². The quantitative estimate of drug-likeness (QED) is 0.163. The number of hydrogen-bond donors (Lipinski definition) is 1. The molecule has 1 unspecified atom stereocenters. The monoisotopic (exact) mass is 894 g/mol. The second kappa shape index (κ2) is 11.7. The molecule has 3 atom stereocenters. The summed E-state index contributed by atoms with van der Waals surface area (Å²) in [6.07, 6.45) is 12.9. The zero-order valence-electron chi connectivity index (χ0n) is 27.6. The van der Waals surface area contributed by atoms with Gasteiger partial charge in [-0.1, -0.05) is 18.5 Å². The maximum absolute atomic E-state index is 14.5. The molecule has 0 amide bonds. The Balaban J connectivity index is 0.00000348. The minimum Gasteiger partial charge on any atom is -0.443 e. The van der Waals surface area contributed by atoms with Crippen molar-refractivity contribution in [1.29, 1.82) is 0 Å². The van der Waals surface area contributed by atoms with Gasteiger partial charge >= 0.3 is 6.01 Å². The van der Waals surface area contributed by atoms with Crippen LogP contribution in [-0.2, 0) is 42.9 Å². The standard InChI is InChI=1S/C36H40FN8O3.Cm/c1-23-30-21-43(12-4-14-45(30)42-31(23)33-39-11-16-46-33)32-27-22-48-36(9-2-5-24-6-7-26(38)17-28(24)36)19-29(27)40-34(41-32)47-15-10-35-8-3-13-44(35)20-25(37)18-35;/h6-7,10-11,15-16,25H,2-5,8-9,12-14,18-22,38H2,1H3;/q-1;/t25-,35?,36+;/m1./s1. The molecule has 2 fully saturated rings. The van der Waals surface area contributed by atoms with Crippen molar-refractivity contribution in [2.24, 2.45) is 0 Å². The zero-order chi connectivity index (χ0) is 32.5. The van der Waals surface area contributed by atoms with Crippen molar-refractivity contribution in [2.75, 3.05) is 30.3 Å². The molecule has 4 aromatic rings. The van der Waals surface area contributed by atoms with Gasteiger partial charge in [0, 0.05) is 49.1 Å². The van der Waals surface area contributed by atoms with Crippen LogP contribution in [0.25, 0.3) is 11.6 Å². The van der Waals surface area contributed by atoms with E-state index in [1.807, 2.05) is 12.1 Å². The van der Waals surface area contributed by atoms with Crippen LogP contribution in [0.2, 0.25) is 0 Å². The first-order valence-electron chi connectivity index (χ1n) is 17.2. The molecule has 1 spiro atoms. The number of rotatable bonds is 5. The molecule has 7 heterocycles. The first kappa shape index (κ1) is 31.0. The van der Waals surface area contributed by atoms with Crippen molar-refractivity contribution in [3.05, 3.63) is 76.6 Å². The van der Waals surface area contributed by atoms with Gasteiger partial charge in [-0.15, -0.1) is 17.2 Å². The minimum atomic E-state index is -0.814. The van der Waals surface area contributed by atoms with E-state index >= 15 is 0 Å². The molecule has 5 aliphatic rings. The van der Waals surface area contributed by atoms with E-state index in [1.54, 1.807) is 18.7 Å². The molecule has 2 N–H and O–H groups in total. The van der Waals surface area contributed by atoms with Crippen LogP contribution in [0.15, 0.2) is 41.3 Å². The third-order valence-electron chi connectivity index (χ3n) is 11.1. The van der Waals surface area contributed by atoms with Crippen molar-refractivity contribution in [3.8, 4) is 17.6 Å². The first-order chi connectivity index (χ1) is 23.4. The van der Waals surface area contributed by atoms with Crippen LogP contribution in [0.4, 0.5) is 15.9 Å². The van der Waals surface area contributed by atoms with Gasteiger partial charge in [-0.05, 0) is 45.2 Å². The summed E-state index contributed by atoms with van der Waals surface area (Å²) in [7, 11) is 0. The summed E-state index contributed by atoms with van der Waals surface area (Å²) in [5.74, 6) is 1.33. The number of benzene rings is 1. The number of nitrogens with two attached hydrogens (primary N) is 1. The third-order valence-corrected chi connectivity index (χ3v) is 11.1. The van der Waals surface area contributed by atoms with E-state index in [9.17, 15) is 4.39 Å². The van der Waals surface area contributed by atoms with Crippen molar-refractivity contribution < 1.29 is 18.3 Å². The summed E-state index contributed by atoms with van der Waals surface area (Å²) >= 11 is 0. The van der Waals surface area contributed by atoms with Crippen molar-refractivity contribution in [1.82, 2.24) is 29.6 Å². The molecular formula is C36H40CmFN8O3-. The Morgan fingerprint density at radius 3 is 2.94 bits per heavy atom. The minimum absolute atomic E-state index is 0. The summed E-state index contributed by atoms with van der Waals surface area (Å²) in [6.45, 7) is 6.00. The Kier molecular flexibility index (Phi) is 7.40. The van der Waals surface area contributed by atoms with E-state index in [4.69, 9.17) is 34.7 Å². The smallest absolute Gasteiger partial charge is 0.323 e. The molecule has 49 heavy (non-hydrogen) atoms. The largest absolute Gasteiger partial charge is 0.443 e. The van der Waals surface area contributed by atoms with E-state index in [0.29, 0.717) is 44.1 Å². The fourth-order valence-corrected chi connectivity index (χ4v) is 8.79. The SMILES string of the molecule is Cc1c(-c2ncco2)nn2c1CN(c1nc(OC=CC34CCCN3C[C@H](F)C4)nc3c1CO[C@@]1(CCCc4ccc(N)[c-]c41)C3)CCC2.[Cm]. The fraction of sp³-hybridized carbons (Fsp3) is 0.500. The van der Waals surface area contributed by atoms with E-state index in [-0.39, 0.29) is 11.5 Å². The van der Waals surface area contributed by atoms with Crippen molar-refractivity contribution in [2.45, 2.75) is 95.3 Å². The number of aromatic nitrogens is 5. The maximum atomic E-state index is 14.5. The van der Waals surface area contributed by atoms with Gasteiger partial charge in [0.05, 0.1) is 42.6 Å². The van der Waals surface area contributed by atoms with Gasteiger partial charge in [-0.2, -0.15) is 27.2 Å². The first-order valence-corrected chi connectivity index (χ1v) is 17.2. The van der Waals surface area contributed by atoms with Crippen LogP contribution in [-0.4, -0.2) is 61.0 Å². The summed E-state index contributed by atoms with van der Waals surface area (Å²) < 4.78 is 35.2. The van der Waals surface area contributed by atoms with Gasteiger partial charge in [-0.25, -0.2) is 9.37 Å². The molecular weight excluding hydrogens is 858 g/mol. The van der Waals surface area contributed by atoms with Gasteiger partial charge in [-0.3, -0.25) is 9.58 Å². The molecule has 0 bridgehead atoms. The van der Waals surface area contributed by atoms with Crippen LogP contribution < -0.4 is 15.4 Å². The fourth-order valence-electron chi connectivity index (χ4n) is 8.79. The molecule has 0 saturated carbocycles. The topological polar surface area (TPSA) is 121 Å². The van der Waals surface area contributed by atoms with E-state index < -0.39 is 11.8 Å². The average Bonchev–Trinajstić information content (AvgIpc) is 3.83. The number of halogens is 1. The van der Waals surface area contributed by atoms with Gasteiger partial charge in [0.25, 0.3) is 0 Å². The second-order valence-electron chi connectivity index (χ2n) is 14.0. The predicted octanol–water partition coefficient (Wildman–Crippen LogP) is 5.20. The normalized spacial score (nSPS) is 26.2. The Morgan fingerprint density at radius 1 is 1.14 bits per heavy atom. The Bertz CT molecular complexity index is 1900. The molecule has 3 aromatic heterocycles.